The van der Waals surface area contributed by atoms with E-state index in [9.17, 15) is 15.3 Å². The van der Waals surface area contributed by atoms with Crippen LogP contribution < -0.4 is 14.7 Å². The van der Waals surface area contributed by atoms with E-state index in [1.54, 1.807) is 0 Å². The number of aliphatic hydroxyl groups is 3. The van der Waals surface area contributed by atoms with Gasteiger partial charge in [-0.25, -0.2) is 0 Å². The van der Waals surface area contributed by atoms with Gasteiger partial charge in [0.1, 0.15) is 0 Å². The first-order chi connectivity index (χ1) is 17.7. The molecule has 0 spiro atoms. The number of hydrogen-bond donors (Lipinski definition) is 3. The van der Waals surface area contributed by atoms with Gasteiger partial charge in [-0.3, -0.25) is 0 Å². The summed E-state index contributed by atoms with van der Waals surface area (Å²) in [4.78, 5) is 19.8. The molecular weight excluding hydrogens is 456 g/mol. The minimum atomic E-state index is -0.108. The number of aromatic nitrogens is 3. The molecule has 0 atom stereocenters. The maximum absolute atomic E-state index is 9.84. The molecule has 186 valence electrons. The molecule has 0 amide bonds. The molecule has 9 heteroatoms. The Kier molecular flexibility index (Phi) is 8.77. The summed E-state index contributed by atoms with van der Waals surface area (Å²) in [6.45, 7) is 0.479. The minimum Gasteiger partial charge on any atom is -0.395 e. The molecular formula is C27H30N6O3. The maximum atomic E-state index is 9.84. The fourth-order valence-electron chi connectivity index (χ4n) is 3.86. The van der Waals surface area contributed by atoms with Crippen molar-refractivity contribution in [3.8, 4) is 0 Å². The third-order valence-electron chi connectivity index (χ3n) is 5.50. The summed E-state index contributed by atoms with van der Waals surface area (Å²) in [5.41, 5.74) is 2.45. The minimum absolute atomic E-state index is 0.108. The zero-order chi connectivity index (χ0) is 25.2. The molecule has 1 aromatic heterocycles. The van der Waals surface area contributed by atoms with Crippen molar-refractivity contribution in [1.29, 1.82) is 0 Å². The van der Waals surface area contributed by atoms with Gasteiger partial charge < -0.3 is 30.0 Å². The lowest BCUT2D eigenvalue weighted by Gasteiger charge is -2.28. The highest BCUT2D eigenvalue weighted by Crippen LogP contribution is 2.30. The van der Waals surface area contributed by atoms with Crippen molar-refractivity contribution >= 4 is 34.9 Å². The largest absolute Gasteiger partial charge is 0.395 e. The second-order valence-corrected chi connectivity index (χ2v) is 7.87. The van der Waals surface area contributed by atoms with Crippen LogP contribution in [0.5, 0.6) is 0 Å². The molecule has 0 saturated carbocycles. The van der Waals surface area contributed by atoms with E-state index in [1.807, 2.05) is 106 Å². The topological polar surface area (TPSA) is 109 Å². The van der Waals surface area contributed by atoms with Gasteiger partial charge in [0.15, 0.2) is 0 Å². The molecule has 3 N–H and O–H groups in total. The van der Waals surface area contributed by atoms with Crippen molar-refractivity contribution in [2.24, 2.45) is 0 Å². The highest BCUT2D eigenvalue weighted by atomic mass is 16.3. The van der Waals surface area contributed by atoms with Crippen molar-refractivity contribution in [2.75, 3.05) is 54.2 Å². The lowest BCUT2D eigenvalue weighted by Crippen LogP contribution is -2.30. The van der Waals surface area contributed by atoms with Crippen molar-refractivity contribution in [1.82, 2.24) is 15.0 Å². The zero-order valence-corrected chi connectivity index (χ0v) is 19.9. The van der Waals surface area contributed by atoms with Gasteiger partial charge in [-0.2, -0.15) is 15.0 Å². The van der Waals surface area contributed by atoms with Crippen LogP contribution in [0.15, 0.2) is 91.0 Å². The van der Waals surface area contributed by atoms with Crippen molar-refractivity contribution < 1.29 is 15.3 Å². The summed E-state index contributed by atoms with van der Waals surface area (Å²) < 4.78 is 0. The van der Waals surface area contributed by atoms with E-state index in [0.717, 1.165) is 17.1 Å². The quantitative estimate of drug-likeness (QED) is 0.278. The number of rotatable bonds is 12. The molecule has 0 bridgehead atoms. The summed E-state index contributed by atoms with van der Waals surface area (Å²) in [5.74, 6) is 1.02. The average molecular weight is 487 g/mol. The number of aliphatic hydroxyl groups excluding tert-OH is 3. The Balaban J connectivity index is 1.90. The third kappa shape index (κ3) is 5.95. The molecule has 0 aliphatic rings. The Morgan fingerprint density at radius 1 is 0.417 bits per heavy atom. The van der Waals surface area contributed by atoms with Gasteiger partial charge in [0.05, 0.1) is 19.8 Å². The van der Waals surface area contributed by atoms with E-state index in [-0.39, 0.29) is 39.5 Å². The standard InChI is InChI=1S/C27H30N6O3/c34-19-16-31(22-10-4-1-5-11-22)25-28-26(32(17-20-35)23-12-6-2-7-13-23)30-27(29-25)33(18-21-36)24-14-8-3-9-15-24/h1-15,34-36H,16-21H2. The van der Waals surface area contributed by atoms with Crippen LogP contribution >= 0.6 is 0 Å². The van der Waals surface area contributed by atoms with Gasteiger partial charge in [-0.1, -0.05) is 54.6 Å². The van der Waals surface area contributed by atoms with Crippen molar-refractivity contribution in [3.05, 3.63) is 91.0 Å². The van der Waals surface area contributed by atoms with Gasteiger partial charge in [0, 0.05) is 36.7 Å². The normalized spacial score (nSPS) is 10.8. The summed E-state index contributed by atoms with van der Waals surface area (Å²) in [7, 11) is 0. The first kappa shape index (κ1) is 25.1. The third-order valence-corrected chi connectivity index (χ3v) is 5.50. The molecule has 36 heavy (non-hydrogen) atoms. The molecule has 0 aliphatic carbocycles. The van der Waals surface area contributed by atoms with Crippen molar-refractivity contribution in [3.63, 3.8) is 0 Å². The monoisotopic (exact) mass is 486 g/mol. The first-order valence-corrected chi connectivity index (χ1v) is 11.8. The van der Waals surface area contributed by atoms with Crippen LogP contribution in [-0.4, -0.2) is 69.7 Å². The molecule has 1 heterocycles. The highest BCUT2D eigenvalue weighted by Gasteiger charge is 2.22. The van der Waals surface area contributed by atoms with Gasteiger partial charge >= 0.3 is 0 Å². The zero-order valence-electron chi connectivity index (χ0n) is 19.9. The van der Waals surface area contributed by atoms with E-state index in [1.165, 1.54) is 0 Å². The van der Waals surface area contributed by atoms with Crippen LogP contribution in [0.1, 0.15) is 0 Å². The van der Waals surface area contributed by atoms with Crippen LogP contribution in [0.3, 0.4) is 0 Å². The Morgan fingerprint density at radius 3 is 0.889 bits per heavy atom. The second-order valence-electron chi connectivity index (χ2n) is 7.87. The molecule has 3 aromatic carbocycles. The number of benzene rings is 3. The molecule has 0 unspecified atom stereocenters. The van der Waals surface area contributed by atoms with Crippen LogP contribution in [0.4, 0.5) is 34.9 Å². The molecule has 4 rings (SSSR count). The van der Waals surface area contributed by atoms with Gasteiger partial charge in [-0.15, -0.1) is 0 Å². The summed E-state index contributed by atoms with van der Waals surface area (Å²) in [6.07, 6.45) is 0. The molecule has 0 saturated heterocycles. The summed E-state index contributed by atoms with van der Waals surface area (Å²) in [6, 6.07) is 28.7. The summed E-state index contributed by atoms with van der Waals surface area (Å²) >= 11 is 0. The average Bonchev–Trinajstić information content (AvgIpc) is 2.94. The Morgan fingerprint density at radius 2 is 0.667 bits per heavy atom. The lowest BCUT2D eigenvalue weighted by molar-refractivity contribution is 0.304. The van der Waals surface area contributed by atoms with Crippen LogP contribution in [0.25, 0.3) is 0 Å². The Bertz CT molecular complexity index is 1030. The number of para-hydroxylation sites is 3. The highest BCUT2D eigenvalue weighted by molar-refractivity contribution is 5.66. The van der Waals surface area contributed by atoms with Gasteiger partial charge in [-0.05, 0) is 36.4 Å². The van der Waals surface area contributed by atoms with E-state index < -0.39 is 0 Å². The van der Waals surface area contributed by atoms with Crippen LogP contribution in [-0.2, 0) is 0 Å². The van der Waals surface area contributed by atoms with E-state index in [0.29, 0.717) is 17.8 Å². The maximum Gasteiger partial charge on any atom is 0.236 e. The summed E-state index contributed by atoms with van der Waals surface area (Å²) in [5, 5.41) is 29.5. The Labute approximate surface area is 210 Å². The van der Waals surface area contributed by atoms with E-state index in [4.69, 9.17) is 15.0 Å². The second kappa shape index (κ2) is 12.6. The number of nitrogens with zero attached hydrogens (tertiary/aromatic N) is 6. The first-order valence-electron chi connectivity index (χ1n) is 11.8. The molecule has 0 radical (unpaired) electrons. The molecule has 9 nitrogen and oxygen atoms in total. The molecule has 0 fully saturated rings. The van der Waals surface area contributed by atoms with E-state index in [2.05, 4.69) is 0 Å². The van der Waals surface area contributed by atoms with Crippen LogP contribution in [0.2, 0.25) is 0 Å². The fraction of sp³-hybridized carbons (Fsp3) is 0.222. The van der Waals surface area contributed by atoms with Gasteiger partial charge in [0.2, 0.25) is 17.8 Å². The predicted octanol–water partition coefficient (Wildman–Crippen LogP) is 3.26. The molecule has 0 aliphatic heterocycles. The lowest BCUT2D eigenvalue weighted by atomic mass is 10.3. The fourth-order valence-corrected chi connectivity index (χ4v) is 3.86. The smallest absolute Gasteiger partial charge is 0.236 e. The van der Waals surface area contributed by atoms with Crippen molar-refractivity contribution in [2.45, 2.75) is 0 Å². The van der Waals surface area contributed by atoms with Gasteiger partial charge in [0.25, 0.3) is 0 Å². The SMILES string of the molecule is OCCN(c1ccccc1)c1nc(N(CCO)c2ccccc2)nc(N(CCO)c2ccccc2)n1. The van der Waals surface area contributed by atoms with Crippen LogP contribution in [0, 0.1) is 0 Å². The van der Waals surface area contributed by atoms with E-state index >= 15 is 0 Å². The molecule has 4 aromatic rings. The predicted molar refractivity (Wildman–Crippen MR) is 141 cm³/mol. The Hall–Kier alpha value is -4.05. The number of hydrogen-bond acceptors (Lipinski definition) is 9. The number of anilines is 6.